The third-order valence-electron chi connectivity index (χ3n) is 1.89. The summed E-state index contributed by atoms with van der Waals surface area (Å²) in [6.07, 6.45) is 0. The van der Waals surface area contributed by atoms with Gasteiger partial charge in [0, 0.05) is 12.0 Å². The predicted molar refractivity (Wildman–Crippen MR) is 59.6 cm³/mol. The highest BCUT2D eigenvalue weighted by Gasteiger charge is 2.06. The Labute approximate surface area is 91.0 Å². The quantitative estimate of drug-likeness (QED) is 0.746. The number of methoxy groups -OCH3 is 2. The first-order valence-corrected chi connectivity index (χ1v) is 4.81. The van der Waals surface area contributed by atoms with Gasteiger partial charge in [0.1, 0.15) is 5.75 Å². The van der Waals surface area contributed by atoms with Gasteiger partial charge in [-0.05, 0) is 12.1 Å². The number of ether oxygens (including phenoxy) is 3. The van der Waals surface area contributed by atoms with E-state index in [1.165, 1.54) is 5.92 Å². The first kappa shape index (κ1) is 11.7. The summed E-state index contributed by atoms with van der Waals surface area (Å²) in [5, 5.41) is 0. The zero-order chi connectivity index (χ0) is 11.3. The smallest absolute Gasteiger partial charge is 0.164 e. The molecule has 0 aromatic heterocycles. The molecule has 0 amide bonds. The topological polar surface area (TPSA) is 27.7 Å². The van der Waals surface area contributed by atoms with E-state index in [0.29, 0.717) is 12.4 Å². The molecular weight excluding hydrogens is 192 g/mol. The predicted octanol–water partition coefficient (Wildman–Crippen LogP) is 2.70. The normalized spacial score (nSPS) is 10.2. The van der Waals surface area contributed by atoms with Gasteiger partial charge in [0.2, 0.25) is 0 Å². The van der Waals surface area contributed by atoms with Crippen LogP contribution in [0.4, 0.5) is 0 Å². The molecule has 0 saturated carbocycles. The second-order valence-corrected chi connectivity index (χ2v) is 3.51. The van der Waals surface area contributed by atoms with E-state index in [-0.39, 0.29) is 0 Å². The van der Waals surface area contributed by atoms with E-state index in [1.54, 1.807) is 20.3 Å². The van der Waals surface area contributed by atoms with E-state index in [1.807, 2.05) is 26.0 Å². The van der Waals surface area contributed by atoms with Gasteiger partial charge >= 0.3 is 0 Å². The largest absolute Gasteiger partial charge is 0.497 e. The summed E-state index contributed by atoms with van der Waals surface area (Å²) in [6, 6.07) is 5.50. The Hall–Kier alpha value is -1.38. The number of hydrogen-bond acceptors (Lipinski definition) is 3. The van der Waals surface area contributed by atoms with Crippen LogP contribution in [0.3, 0.4) is 0 Å². The van der Waals surface area contributed by atoms with Crippen LogP contribution >= 0.6 is 0 Å². The van der Waals surface area contributed by atoms with Crippen LogP contribution in [0.1, 0.15) is 13.8 Å². The molecule has 83 valence electrons. The molecule has 0 fully saturated rings. The maximum Gasteiger partial charge on any atom is 0.164 e. The van der Waals surface area contributed by atoms with Crippen LogP contribution in [-0.4, -0.2) is 20.8 Å². The number of rotatable bonds is 5. The van der Waals surface area contributed by atoms with Crippen LogP contribution in [0.25, 0.3) is 0 Å². The Morgan fingerprint density at radius 3 is 2.33 bits per heavy atom. The van der Waals surface area contributed by atoms with E-state index >= 15 is 0 Å². The van der Waals surface area contributed by atoms with Crippen LogP contribution in [0.15, 0.2) is 18.2 Å². The van der Waals surface area contributed by atoms with Gasteiger partial charge in [0.15, 0.2) is 11.5 Å². The summed E-state index contributed by atoms with van der Waals surface area (Å²) in [7, 11) is 3.24. The van der Waals surface area contributed by atoms with E-state index < -0.39 is 0 Å². The Balaban J connectivity index is 2.78. The second kappa shape index (κ2) is 5.49. The molecule has 0 N–H and O–H groups in total. The van der Waals surface area contributed by atoms with Gasteiger partial charge in [0.25, 0.3) is 0 Å². The van der Waals surface area contributed by atoms with Crippen molar-refractivity contribution in [2.45, 2.75) is 13.8 Å². The van der Waals surface area contributed by atoms with Crippen LogP contribution in [0.2, 0.25) is 0 Å². The number of benzene rings is 1. The second-order valence-electron chi connectivity index (χ2n) is 3.51. The lowest BCUT2D eigenvalue weighted by Crippen LogP contribution is -2.04. The standard InChI is InChI=1S/C12H17O3/c1-9(2)8-15-11-6-5-10(13-3)7-12(11)14-4/h5-7H,8H2,1-4H3. The molecular formula is C12H17O3. The van der Waals surface area contributed by atoms with Crippen LogP contribution in [-0.2, 0) is 0 Å². The first-order chi connectivity index (χ1) is 7.17. The molecule has 1 rings (SSSR count). The molecule has 1 aromatic carbocycles. The van der Waals surface area contributed by atoms with Crippen LogP contribution < -0.4 is 14.2 Å². The molecule has 0 aliphatic rings. The van der Waals surface area contributed by atoms with Crippen LogP contribution in [0.5, 0.6) is 17.2 Å². The fraction of sp³-hybridized carbons (Fsp3) is 0.417. The van der Waals surface area contributed by atoms with Gasteiger partial charge in [-0.25, -0.2) is 0 Å². The minimum Gasteiger partial charge on any atom is -0.497 e. The number of hydrogen-bond donors (Lipinski definition) is 0. The molecule has 15 heavy (non-hydrogen) atoms. The Kier molecular flexibility index (Phi) is 4.28. The maximum atomic E-state index is 5.57. The summed E-state index contributed by atoms with van der Waals surface area (Å²) in [4.78, 5) is 0. The minimum absolute atomic E-state index is 0.600. The first-order valence-electron chi connectivity index (χ1n) is 4.81. The van der Waals surface area contributed by atoms with Crippen molar-refractivity contribution in [2.24, 2.45) is 0 Å². The van der Waals surface area contributed by atoms with E-state index in [0.717, 1.165) is 11.5 Å². The van der Waals surface area contributed by atoms with Crippen molar-refractivity contribution in [3.8, 4) is 17.2 Å². The van der Waals surface area contributed by atoms with Crippen molar-refractivity contribution >= 4 is 0 Å². The molecule has 0 aliphatic carbocycles. The van der Waals surface area contributed by atoms with Gasteiger partial charge in [-0.15, -0.1) is 0 Å². The molecule has 3 heteroatoms. The molecule has 0 saturated heterocycles. The van der Waals surface area contributed by atoms with Crippen molar-refractivity contribution in [1.82, 2.24) is 0 Å². The summed E-state index contributed by atoms with van der Waals surface area (Å²) in [6.45, 7) is 4.65. The Bertz CT molecular complexity index is 308. The lowest BCUT2D eigenvalue weighted by Gasteiger charge is -2.12. The molecule has 0 unspecified atom stereocenters. The van der Waals surface area contributed by atoms with Crippen molar-refractivity contribution in [1.29, 1.82) is 0 Å². The highest BCUT2D eigenvalue weighted by atomic mass is 16.5. The zero-order valence-corrected chi connectivity index (χ0v) is 9.66. The summed E-state index contributed by atoms with van der Waals surface area (Å²) in [5.74, 6) is 3.40. The third-order valence-corrected chi connectivity index (χ3v) is 1.89. The Morgan fingerprint density at radius 2 is 1.80 bits per heavy atom. The van der Waals surface area contributed by atoms with Gasteiger partial charge in [-0.2, -0.15) is 0 Å². The maximum absolute atomic E-state index is 5.57. The van der Waals surface area contributed by atoms with Crippen molar-refractivity contribution < 1.29 is 14.2 Å². The van der Waals surface area contributed by atoms with Gasteiger partial charge in [-0.1, -0.05) is 13.8 Å². The van der Waals surface area contributed by atoms with E-state index in [4.69, 9.17) is 14.2 Å². The average Bonchev–Trinajstić information content (AvgIpc) is 2.25. The lowest BCUT2D eigenvalue weighted by molar-refractivity contribution is 0.303. The minimum atomic E-state index is 0.600. The molecule has 3 nitrogen and oxygen atoms in total. The average molecular weight is 209 g/mol. The molecule has 1 aromatic rings. The summed E-state index contributed by atoms with van der Waals surface area (Å²) < 4.78 is 15.9. The van der Waals surface area contributed by atoms with Gasteiger partial charge in [0.05, 0.1) is 20.8 Å². The molecule has 0 aliphatic heterocycles. The van der Waals surface area contributed by atoms with Gasteiger partial charge < -0.3 is 14.2 Å². The Morgan fingerprint density at radius 1 is 1.07 bits per heavy atom. The van der Waals surface area contributed by atoms with E-state index in [9.17, 15) is 0 Å². The van der Waals surface area contributed by atoms with Crippen molar-refractivity contribution in [3.63, 3.8) is 0 Å². The highest BCUT2D eigenvalue weighted by molar-refractivity contribution is 5.45. The lowest BCUT2D eigenvalue weighted by atomic mass is 10.2. The third kappa shape index (κ3) is 3.35. The van der Waals surface area contributed by atoms with E-state index in [2.05, 4.69) is 0 Å². The van der Waals surface area contributed by atoms with Crippen LogP contribution in [0, 0.1) is 5.92 Å². The molecule has 0 atom stereocenters. The SMILES string of the molecule is COc1ccc(OC[C](C)C)c(OC)c1. The molecule has 1 radical (unpaired) electrons. The van der Waals surface area contributed by atoms with Crippen molar-refractivity contribution in [2.75, 3.05) is 20.8 Å². The summed E-state index contributed by atoms with van der Waals surface area (Å²) >= 11 is 0. The van der Waals surface area contributed by atoms with Gasteiger partial charge in [-0.3, -0.25) is 0 Å². The fourth-order valence-electron chi connectivity index (χ4n) is 1.12. The monoisotopic (exact) mass is 209 g/mol. The molecule has 0 spiro atoms. The van der Waals surface area contributed by atoms with Crippen molar-refractivity contribution in [3.05, 3.63) is 24.1 Å². The highest BCUT2D eigenvalue weighted by Crippen LogP contribution is 2.31. The molecule has 0 heterocycles. The summed E-state index contributed by atoms with van der Waals surface area (Å²) in [5.41, 5.74) is 0. The zero-order valence-electron chi connectivity index (χ0n) is 9.66. The fourth-order valence-corrected chi connectivity index (χ4v) is 1.12. The molecule has 0 bridgehead atoms.